The minimum Gasteiger partial charge on any atom is -0.361 e. The third-order valence-electron chi connectivity index (χ3n) is 4.25. The molecule has 0 saturated heterocycles. The van der Waals surface area contributed by atoms with Crippen LogP contribution in [0, 0.1) is 12.8 Å². The molecule has 0 atom stereocenters. The Morgan fingerprint density at radius 1 is 1.19 bits per heavy atom. The van der Waals surface area contributed by atoms with Crippen LogP contribution in [0.25, 0.3) is 10.9 Å². The van der Waals surface area contributed by atoms with Gasteiger partial charge < -0.3 is 20.9 Å². The van der Waals surface area contributed by atoms with Crippen molar-refractivity contribution in [1.82, 2.24) is 20.9 Å². The van der Waals surface area contributed by atoms with Gasteiger partial charge in [0, 0.05) is 49.2 Å². The van der Waals surface area contributed by atoms with Gasteiger partial charge in [0.25, 0.3) is 0 Å². The summed E-state index contributed by atoms with van der Waals surface area (Å²) in [7, 11) is 0. The van der Waals surface area contributed by atoms with Crippen molar-refractivity contribution < 1.29 is 4.79 Å². The van der Waals surface area contributed by atoms with Crippen molar-refractivity contribution in [3.05, 3.63) is 35.5 Å². The molecule has 6 nitrogen and oxygen atoms in total. The number of aromatic amines is 1. The van der Waals surface area contributed by atoms with E-state index in [1.807, 2.05) is 20.8 Å². The Hall–Kier alpha value is -2.50. The molecule has 4 N–H and O–H groups in total. The van der Waals surface area contributed by atoms with Crippen LogP contribution in [0.5, 0.6) is 0 Å². The second-order valence-electron chi connectivity index (χ2n) is 6.69. The predicted octanol–water partition coefficient (Wildman–Crippen LogP) is 2.35. The molecule has 1 aromatic heterocycles. The third-order valence-corrected chi connectivity index (χ3v) is 4.25. The number of H-pyrrole nitrogens is 1. The number of para-hydroxylation sites is 1. The van der Waals surface area contributed by atoms with E-state index in [0.29, 0.717) is 19.6 Å². The Morgan fingerprint density at radius 3 is 2.69 bits per heavy atom. The lowest BCUT2D eigenvalue weighted by atomic mass is 10.1. The maximum atomic E-state index is 11.6. The number of guanidine groups is 1. The third kappa shape index (κ3) is 5.51. The van der Waals surface area contributed by atoms with Crippen LogP contribution in [-0.4, -0.2) is 43.0 Å². The maximum absolute atomic E-state index is 11.6. The number of benzene rings is 1. The van der Waals surface area contributed by atoms with Gasteiger partial charge in [-0.1, -0.05) is 32.0 Å². The van der Waals surface area contributed by atoms with Gasteiger partial charge in [-0.25, -0.2) is 0 Å². The summed E-state index contributed by atoms with van der Waals surface area (Å²) in [5, 5.41) is 10.7. The zero-order valence-corrected chi connectivity index (χ0v) is 16.3. The quantitative estimate of drug-likeness (QED) is 0.333. The average molecular weight is 358 g/mol. The smallest absolute Gasteiger partial charge is 0.222 e. The summed E-state index contributed by atoms with van der Waals surface area (Å²) in [6, 6.07) is 6.36. The van der Waals surface area contributed by atoms with Crippen molar-refractivity contribution >= 4 is 22.8 Å². The highest BCUT2D eigenvalue weighted by Gasteiger charge is 2.06. The molecule has 2 rings (SSSR count). The molecule has 0 bridgehead atoms. The molecule has 0 aliphatic rings. The number of fused-ring (bicyclic) bond motifs is 1. The van der Waals surface area contributed by atoms with Crippen LogP contribution in [0.1, 0.15) is 31.9 Å². The second-order valence-corrected chi connectivity index (χ2v) is 6.69. The molecule has 26 heavy (non-hydrogen) atoms. The molecule has 6 heteroatoms. The van der Waals surface area contributed by atoms with Crippen LogP contribution in [0.3, 0.4) is 0 Å². The minimum atomic E-state index is 0.0108. The first kappa shape index (κ1) is 19.8. The molecule has 0 unspecified atom stereocenters. The van der Waals surface area contributed by atoms with Gasteiger partial charge in [0.15, 0.2) is 5.96 Å². The molecule has 0 aliphatic carbocycles. The molecule has 1 aromatic carbocycles. The van der Waals surface area contributed by atoms with E-state index in [4.69, 9.17) is 0 Å². The van der Waals surface area contributed by atoms with Gasteiger partial charge in [-0.2, -0.15) is 0 Å². The lowest BCUT2D eigenvalue weighted by Crippen LogP contribution is -2.42. The number of carbonyl (C=O) groups excluding carboxylic acids is 1. The molecule has 1 amide bonds. The highest BCUT2D eigenvalue weighted by Crippen LogP contribution is 2.21. The van der Waals surface area contributed by atoms with Crippen molar-refractivity contribution in [2.75, 3.05) is 26.2 Å². The number of hydrogen-bond donors (Lipinski definition) is 4. The Morgan fingerprint density at radius 2 is 1.96 bits per heavy atom. The van der Waals surface area contributed by atoms with Gasteiger partial charge >= 0.3 is 0 Å². The van der Waals surface area contributed by atoms with E-state index in [0.717, 1.165) is 18.9 Å². The van der Waals surface area contributed by atoms with Gasteiger partial charge in [-0.15, -0.1) is 0 Å². The van der Waals surface area contributed by atoms with Crippen LogP contribution >= 0.6 is 0 Å². The van der Waals surface area contributed by atoms with Crippen molar-refractivity contribution in [3.8, 4) is 0 Å². The standard InChI is InChI=1S/C20H31N5O/c1-5-21-20(24-12-11-22-19(26)14(2)3)23-10-9-16-13-25-18-15(4)7-6-8-17(16)18/h6-8,13-14,25H,5,9-12H2,1-4H3,(H,22,26)(H2,21,23,24). The second kappa shape index (κ2) is 9.85. The van der Waals surface area contributed by atoms with Crippen LogP contribution in [0.2, 0.25) is 0 Å². The van der Waals surface area contributed by atoms with Crippen molar-refractivity contribution in [1.29, 1.82) is 0 Å². The molecule has 0 aliphatic heterocycles. The van der Waals surface area contributed by atoms with Crippen LogP contribution in [-0.2, 0) is 11.2 Å². The van der Waals surface area contributed by atoms with Gasteiger partial charge in [0.05, 0.1) is 0 Å². The number of aliphatic imine (C=N–C) groups is 1. The van der Waals surface area contributed by atoms with E-state index in [-0.39, 0.29) is 11.8 Å². The minimum absolute atomic E-state index is 0.0108. The van der Waals surface area contributed by atoms with E-state index in [1.54, 1.807) is 0 Å². The summed E-state index contributed by atoms with van der Waals surface area (Å²) in [5.74, 6) is 0.863. The number of carbonyl (C=O) groups is 1. The van der Waals surface area contributed by atoms with Gasteiger partial charge in [0.2, 0.25) is 5.91 Å². The summed E-state index contributed by atoms with van der Waals surface area (Å²) in [6.45, 7) is 10.7. The van der Waals surface area contributed by atoms with E-state index < -0.39 is 0 Å². The largest absolute Gasteiger partial charge is 0.361 e. The van der Waals surface area contributed by atoms with Gasteiger partial charge in [-0.3, -0.25) is 9.79 Å². The Labute approximate surface area is 155 Å². The summed E-state index contributed by atoms with van der Waals surface area (Å²) in [4.78, 5) is 19.6. The molecule has 0 saturated carbocycles. The zero-order chi connectivity index (χ0) is 18.9. The first-order valence-electron chi connectivity index (χ1n) is 9.38. The van der Waals surface area contributed by atoms with Crippen molar-refractivity contribution in [3.63, 3.8) is 0 Å². The molecule has 1 heterocycles. The first-order valence-corrected chi connectivity index (χ1v) is 9.38. The zero-order valence-electron chi connectivity index (χ0n) is 16.3. The van der Waals surface area contributed by atoms with E-state index in [1.165, 1.54) is 22.0 Å². The van der Waals surface area contributed by atoms with Gasteiger partial charge in [0.1, 0.15) is 0 Å². The highest BCUT2D eigenvalue weighted by atomic mass is 16.1. The predicted molar refractivity (Wildman–Crippen MR) is 109 cm³/mol. The fraction of sp³-hybridized carbons (Fsp3) is 0.500. The molecule has 142 valence electrons. The van der Waals surface area contributed by atoms with Crippen LogP contribution in [0.15, 0.2) is 29.4 Å². The molecular weight excluding hydrogens is 326 g/mol. The SMILES string of the molecule is CCNC(=NCCc1c[nH]c2c(C)cccc12)NCCNC(=O)C(C)C. The maximum Gasteiger partial charge on any atom is 0.222 e. The molecular formula is C20H31N5O. The number of hydrogen-bond acceptors (Lipinski definition) is 2. The number of nitrogens with zero attached hydrogens (tertiary/aromatic N) is 1. The van der Waals surface area contributed by atoms with Gasteiger partial charge in [-0.05, 0) is 31.4 Å². The number of aromatic nitrogens is 1. The highest BCUT2D eigenvalue weighted by molar-refractivity contribution is 5.86. The molecule has 2 aromatic rings. The van der Waals surface area contributed by atoms with E-state index in [9.17, 15) is 4.79 Å². The Balaban J connectivity index is 1.86. The van der Waals surface area contributed by atoms with E-state index >= 15 is 0 Å². The monoisotopic (exact) mass is 357 g/mol. The molecule has 0 radical (unpaired) electrons. The average Bonchev–Trinajstić information content (AvgIpc) is 3.03. The lowest BCUT2D eigenvalue weighted by Gasteiger charge is -2.12. The summed E-state index contributed by atoms with van der Waals surface area (Å²) in [6.07, 6.45) is 2.96. The van der Waals surface area contributed by atoms with Crippen molar-refractivity contribution in [2.24, 2.45) is 10.9 Å². The summed E-state index contributed by atoms with van der Waals surface area (Å²) in [5.41, 5.74) is 3.75. The fourth-order valence-electron chi connectivity index (χ4n) is 2.77. The summed E-state index contributed by atoms with van der Waals surface area (Å²) >= 11 is 0. The van der Waals surface area contributed by atoms with Crippen LogP contribution in [0.4, 0.5) is 0 Å². The Kier molecular flexibility index (Phi) is 7.51. The number of amides is 1. The molecule has 0 spiro atoms. The summed E-state index contributed by atoms with van der Waals surface area (Å²) < 4.78 is 0. The van der Waals surface area contributed by atoms with E-state index in [2.05, 4.69) is 57.2 Å². The first-order chi connectivity index (χ1) is 12.5. The van der Waals surface area contributed by atoms with Crippen molar-refractivity contribution in [2.45, 2.75) is 34.1 Å². The molecule has 0 fully saturated rings. The topological polar surface area (TPSA) is 81.3 Å². The number of nitrogens with one attached hydrogen (secondary N) is 4. The number of aryl methyl sites for hydroxylation is 1. The lowest BCUT2D eigenvalue weighted by molar-refractivity contribution is -0.123. The normalized spacial score (nSPS) is 11.8. The van der Waals surface area contributed by atoms with Crippen LogP contribution < -0.4 is 16.0 Å². The number of rotatable bonds is 8. The fourth-order valence-corrected chi connectivity index (χ4v) is 2.77. The Bertz CT molecular complexity index is 748.